The number of aryl methyl sites for hydroxylation is 1. The minimum absolute atomic E-state index is 0.00123. The molecule has 0 unspecified atom stereocenters. The number of aromatic nitrogens is 1. The molecular weight excluding hydrogens is 361 g/mol. The lowest BCUT2D eigenvalue weighted by molar-refractivity contribution is -0.136. The highest BCUT2D eigenvalue weighted by Gasteiger charge is 2.42. The van der Waals surface area contributed by atoms with Crippen molar-refractivity contribution in [3.63, 3.8) is 0 Å². The molecule has 3 heterocycles. The SMILES string of the molecule is CC1=CC(N2C(=O)c3c(C)nc4c(C(F)(F)F)cccc4c3C2=O)=C=CO1. The number of rotatable bonds is 1. The van der Waals surface area contributed by atoms with Gasteiger partial charge in [0.15, 0.2) is 0 Å². The van der Waals surface area contributed by atoms with Gasteiger partial charge in [0.1, 0.15) is 17.7 Å². The Morgan fingerprint density at radius 2 is 1.81 bits per heavy atom. The summed E-state index contributed by atoms with van der Waals surface area (Å²) in [7, 11) is 0. The van der Waals surface area contributed by atoms with Crippen LogP contribution in [0.3, 0.4) is 0 Å². The van der Waals surface area contributed by atoms with Crippen LogP contribution in [0.4, 0.5) is 13.2 Å². The summed E-state index contributed by atoms with van der Waals surface area (Å²) in [5.41, 5.74) is 1.49. The summed E-state index contributed by atoms with van der Waals surface area (Å²) in [6, 6.07) is 3.45. The molecule has 0 saturated carbocycles. The van der Waals surface area contributed by atoms with Gasteiger partial charge in [0.05, 0.1) is 27.9 Å². The zero-order valence-electron chi connectivity index (χ0n) is 14.1. The average molecular weight is 372 g/mol. The van der Waals surface area contributed by atoms with Crippen molar-refractivity contribution in [2.45, 2.75) is 20.0 Å². The zero-order valence-corrected chi connectivity index (χ0v) is 14.1. The van der Waals surface area contributed by atoms with Crippen molar-refractivity contribution >= 4 is 22.7 Å². The third kappa shape index (κ3) is 2.45. The standard InChI is InChI=1S/C19H11F3N2O3/c1-9-8-11(6-7-27-9)24-17(25)14-10(2)23-16-12(15(14)18(24)26)4-3-5-13(16)19(20,21)22/h3-5,7-8H,1-2H3. The number of alkyl halides is 3. The van der Waals surface area contributed by atoms with E-state index in [4.69, 9.17) is 4.74 Å². The van der Waals surface area contributed by atoms with Crippen LogP contribution in [-0.4, -0.2) is 21.7 Å². The number of hydrogen-bond acceptors (Lipinski definition) is 4. The van der Waals surface area contributed by atoms with Crippen LogP contribution < -0.4 is 0 Å². The molecule has 2 amide bonds. The maximum atomic E-state index is 13.3. The highest BCUT2D eigenvalue weighted by molar-refractivity contribution is 6.27. The predicted octanol–water partition coefficient (Wildman–Crippen LogP) is 4.09. The molecule has 0 saturated heterocycles. The third-order valence-corrected chi connectivity index (χ3v) is 4.37. The van der Waals surface area contributed by atoms with Crippen molar-refractivity contribution in [1.82, 2.24) is 9.88 Å². The Hall–Kier alpha value is -3.38. The molecule has 136 valence electrons. The van der Waals surface area contributed by atoms with E-state index in [0.717, 1.165) is 11.0 Å². The predicted molar refractivity (Wildman–Crippen MR) is 88.4 cm³/mol. The first-order valence-electron chi connectivity index (χ1n) is 7.89. The van der Waals surface area contributed by atoms with Gasteiger partial charge in [-0.15, -0.1) is 0 Å². The Morgan fingerprint density at radius 3 is 2.48 bits per heavy atom. The zero-order chi connectivity index (χ0) is 19.5. The summed E-state index contributed by atoms with van der Waals surface area (Å²) >= 11 is 0. The van der Waals surface area contributed by atoms with Crippen LogP contribution >= 0.6 is 0 Å². The molecule has 2 aliphatic heterocycles. The van der Waals surface area contributed by atoms with Gasteiger partial charge in [0, 0.05) is 11.5 Å². The largest absolute Gasteiger partial charge is 0.461 e. The Morgan fingerprint density at radius 1 is 1.11 bits per heavy atom. The minimum atomic E-state index is -4.63. The van der Waals surface area contributed by atoms with E-state index in [1.807, 2.05) is 0 Å². The topological polar surface area (TPSA) is 59.5 Å². The highest BCUT2D eigenvalue weighted by atomic mass is 19.4. The van der Waals surface area contributed by atoms with Gasteiger partial charge in [-0.1, -0.05) is 17.9 Å². The second-order valence-electron chi connectivity index (χ2n) is 6.11. The van der Waals surface area contributed by atoms with Crippen LogP contribution in [0.2, 0.25) is 0 Å². The van der Waals surface area contributed by atoms with Crippen LogP contribution in [0.25, 0.3) is 10.9 Å². The molecule has 0 bridgehead atoms. The summed E-state index contributed by atoms with van der Waals surface area (Å²) in [6.45, 7) is 3.04. The van der Waals surface area contributed by atoms with E-state index < -0.39 is 23.6 Å². The van der Waals surface area contributed by atoms with Crippen molar-refractivity contribution in [3.05, 3.63) is 70.1 Å². The highest BCUT2D eigenvalue weighted by Crippen LogP contribution is 2.39. The van der Waals surface area contributed by atoms with Crippen molar-refractivity contribution < 1.29 is 27.5 Å². The summed E-state index contributed by atoms with van der Waals surface area (Å²) in [4.78, 5) is 30.7. The lowest BCUT2D eigenvalue weighted by Gasteiger charge is -2.15. The quantitative estimate of drug-likeness (QED) is 0.559. The number of nitrogens with zero attached hydrogens (tertiary/aromatic N) is 2. The van der Waals surface area contributed by atoms with E-state index in [0.29, 0.717) is 5.76 Å². The number of fused-ring (bicyclic) bond motifs is 3. The summed E-state index contributed by atoms with van der Waals surface area (Å²) in [6.07, 6.45) is -1.97. The number of halogens is 3. The molecule has 0 fully saturated rings. The molecule has 0 spiro atoms. The molecule has 2 aliphatic rings. The van der Waals surface area contributed by atoms with E-state index in [2.05, 4.69) is 10.7 Å². The number of hydrogen-bond donors (Lipinski definition) is 0. The van der Waals surface area contributed by atoms with Crippen LogP contribution in [0.15, 0.2) is 47.7 Å². The fourth-order valence-electron chi connectivity index (χ4n) is 3.23. The van der Waals surface area contributed by atoms with E-state index >= 15 is 0 Å². The number of benzene rings is 1. The van der Waals surface area contributed by atoms with E-state index in [-0.39, 0.29) is 33.4 Å². The molecule has 1 aromatic carbocycles. The molecule has 0 N–H and O–H groups in total. The van der Waals surface area contributed by atoms with Crippen LogP contribution in [0.5, 0.6) is 0 Å². The van der Waals surface area contributed by atoms with Crippen molar-refractivity contribution in [3.8, 4) is 0 Å². The number of allylic oxidation sites excluding steroid dienone is 2. The van der Waals surface area contributed by atoms with E-state index in [1.165, 1.54) is 31.4 Å². The van der Waals surface area contributed by atoms with Gasteiger partial charge < -0.3 is 4.74 Å². The normalized spacial score (nSPS) is 16.4. The molecule has 5 nitrogen and oxygen atoms in total. The maximum absolute atomic E-state index is 13.3. The Bertz CT molecular complexity index is 1140. The second kappa shape index (κ2) is 5.56. The number of pyridine rings is 1. The Labute approximate surface area is 151 Å². The van der Waals surface area contributed by atoms with Gasteiger partial charge in [0.25, 0.3) is 11.8 Å². The van der Waals surface area contributed by atoms with E-state index in [1.54, 1.807) is 6.92 Å². The van der Waals surface area contributed by atoms with E-state index in [9.17, 15) is 22.8 Å². The minimum Gasteiger partial charge on any atom is -0.461 e. The summed E-state index contributed by atoms with van der Waals surface area (Å²) < 4.78 is 45.1. The average Bonchev–Trinajstić information content (AvgIpc) is 2.85. The summed E-state index contributed by atoms with van der Waals surface area (Å²) in [5.74, 6) is -0.924. The first kappa shape index (κ1) is 17.1. The van der Waals surface area contributed by atoms with Crippen molar-refractivity contribution in [2.75, 3.05) is 0 Å². The summed E-state index contributed by atoms with van der Waals surface area (Å²) in [5, 5.41) is -0.0105. The smallest absolute Gasteiger partial charge is 0.418 e. The van der Waals surface area contributed by atoms with Gasteiger partial charge in [-0.25, -0.2) is 4.90 Å². The fraction of sp³-hybridized carbons (Fsp3) is 0.158. The second-order valence-corrected chi connectivity index (χ2v) is 6.11. The van der Waals surface area contributed by atoms with Gasteiger partial charge in [-0.05, 0) is 19.9 Å². The van der Waals surface area contributed by atoms with Gasteiger partial charge in [-0.3, -0.25) is 14.6 Å². The monoisotopic (exact) mass is 372 g/mol. The molecule has 27 heavy (non-hydrogen) atoms. The molecular formula is C19H11F3N2O3. The van der Waals surface area contributed by atoms with Crippen molar-refractivity contribution in [2.24, 2.45) is 0 Å². The molecule has 0 radical (unpaired) electrons. The number of amides is 2. The van der Waals surface area contributed by atoms with Gasteiger partial charge >= 0.3 is 6.18 Å². The fourth-order valence-corrected chi connectivity index (χ4v) is 3.23. The van der Waals surface area contributed by atoms with Crippen LogP contribution in [0.1, 0.15) is 38.9 Å². The van der Waals surface area contributed by atoms with Gasteiger partial charge in [0.2, 0.25) is 0 Å². The first-order valence-corrected chi connectivity index (χ1v) is 7.89. The van der Waals surface area contributed by atoms with Crippen molar-refractivity contribution in [1.29, 1.82) is 0 Å². The third-order valence-electron chi connectivity index (χ3n) is 4.37. The first-order chi connectivity index (χ1) is 12.7. The van der Waals surface area contributed by atoms with Gasteiger partial charge in [-0.2, -0.15) is 13.2 Å². The van der Waals surface area contributed by atoms with Crippen LogP contribution in [-0.2, 0) is 10.9 Å². The Balaban J connectivity index is 2.00. The number of ether oxygens (including phenoxy) is 1. The number of carbonyl (C=O) groups excluding carboxylic acids is 2. The number of carbonyl (C=O) groups is 2. The molecule has 4 rings (SSSR count). The van der Waals surface area contributed by atoms with Crippen LogP contribution in [0, 0.1) is 6.92 Å². The molecule has 0 atom stereocenters. The Kier molecular flexibility index (Phi) is 3.51. The lowest BCUT2D eigenvalue weighted by Crippen LogP contribution is -2.28. The molecule has 0 aliphatic carbocycles. The molecule has 8 heteroatoms. The molecule has 1 aromatic heterocycles. The number of imide groups is 1. The maximum Gasteiger partial charge on any atom is 0.418 e. The lowest BCUT2D eigenvalue weighted by atomic mass is 10.00. The molecule has 2 aromatic rings. The number of para-hydroxylation sites is 1.